The number of nitrogen functional groups attached to an aromatic ring is 1. The number of piperazine rings is 1. The van der Waals surface area contributed by atoms with Crippen LogP contribution in [0.4, 0.5) is 11.4 Å². The molecule has 0 aliphatic carbocycles. The number of carbonyl (C=O) groups excluding carboxylic acids is 1. The van der Waals surface area contributed by atoms with Gasteiger partial charge in [-0.3, -0.25) is 4.79 Å². The number of nitrogens with zero attached hydrogens (tertiary/aromatic N) is 2. The maximum Gasteiger partial charge on any atom is 0.225 e. The van der Waals surface area contributed by atoms with Crippen molar-refractivity contribution in [2.45, 2.75) is 26.7 Å². The molecule has 122 valence electrons. The average molecular weight is 305 g/mol. The van der Waals surface area contributed by atoms with E-state index < -0.39 is 0 Å². The van der Waals surface area contributed by atoms with Gasteiger partial charge in [-0.2, -0.15) is 0 Å². The van der Waals surface area contributed by atoms with Gasteiger partial charge in [0.25, 0.3) is 0 Å². The Hall–Kier alpha value is -1.91. The minimum Gasteiger partial charge on any atom is -0.495 e. The molecule has 0 saturated carbocycles. The molecule has 1 amide bonds. The maximum absolute atomic E-state index is 12.4. The SMILES string of the molecule is CCC(CC)C(=O)N1CCN(c2cc(N)ccc2OC)CC1. The summed E-state index contributed by atoms with van der Waals surface area (Å²) in [7, 11) is 1.67. The smallest absolute Gasteiger partial charge is 0.225 e. The van der Waals surface area contributed by atoms with Crippen LogP contribution in [-0.4, -0.2) is 44.1 Å². The summed E-state index contributed by atoms with van der Waals surface area (Å²) in [5.74, 6) is 1.28. The van der Waals surface area contributed by atoms with Crippen molar-refractivity contribution in [1.29, 1.82) is 0 Å². The number of methoxy groups -OCH3 is 1. The van der Waals surface area contributed by atoms with E-state index in [-0.39, 0.29) is 5.92 Å². The Morgan fingerprint density at radius 1 is 1.23 bits per heavy atom. The number of amides is 1. The molecule has 0 bridgehead atoms. The van der Waals surface area contributed by atoms with E-state index in [9.17, 15) is 4.79 Å². The highest BCUT2D eigenvalue weighted by Crippen LogP contribution is 2.31. The van der Waals surface area contributed by atoms with Crippen LogP contribution in [0.2, 0.25) is 0 Å². The Bertz CT molecular complexity index is 507. The highest BCUT2D eigenvalue weighted by atomic mass is 16.5. The van der Waals surface area contributed by atoms with Crippen molar-refractivity contribution < 1.29 is 9.53 Å². The minimum absolute atomic E-state index is 0.161. The maximum atomic E-state index is 12.4. The molecule has 0 atom stereocenters. The Morgan fingerprint density at radius 2 is 1.86 bits per heavy atom. The third-order valence-corrected chi connectivity index (χ3v) is 4.47. The van der Waals surface area contributed by atoms with Gasteiger partial charge in [-0.15, -0.1) is 0 Å². The van der Waals surface area contributed by atoms with Crippen molar-refractivity contribution >= 4 is 17.3 Å². The Kier molecular flexibility index (Phi) is 5.52. The molecule has 0 unspecified atom stereocenters. The Morgan fingerprint density at radius 3 is 2.41 bits per heavy atom. The standard InChI is InChI=1S/C17H27N3O2/c1-4-13(5-2)17(21)20-10-8-19(9-11-20)15-12-14(18)6-7-16(15)22-3/h6-7,12-13H,4-5,8-11,18H2,1-3H3. The Labute approximate surface area is 133 Å². The van der Waals surface area contributed by atoms with E-state index in [1.54, 1.807) is 7.11 Å². The molecule has 1 heterocycles. The van der Waals surface area contributed by atoms with E-state index >= 15 is 0 Å². The average Bonchev–Trinajstić information content (AvgIpc) is 2.56. The monoisotopic (exact) mass is 305 g/mol. The van der Waals surface area contributed by atoms with E-state index in [4.69, 9.17) is 10.5 Å². The van der Waals surface area contributed by atoms with Crippen molar-refractivity contribution in [3.8, 4) is 5.75 Å². The van der Waals surface area contributed by atoms with Crippen molar-refractivity contribution in [2.75, 3.05) is 43.9 Å². The molecule has 0 radical (unpaired) electrons. The summed E-state index contributed by atoms with van der Waals surface area (Å²) in [4.78, 5) is 16.7. The van der Waals surface area contributed by atoms with Gasteiger partial charge >= 0.3 is 0 Å². The summed E-state index contributed by atoms with van der Waals surface area (Å²) < 4.78 is 5.42. The third kappa shape index (κ3) is 3.46. The molecule has 1 aromatic carbocycles. The lowest BCUT2D eigenvalue weighted by Gasteiger charge is -2.38. The molecule has 2 N–H and O–H groups in total. The van der Waals surface area contributed by atoms with Crippen LogP contribution in [-0.2, 0) is 4.79 Å². The number of benzene rings is 1. The van der Waals surface area contributed by atoms with Crippen LogP contribution in [0.3, 0.4) is 0 Å². The summed E-state index contributed by atoms with van der Waals surface area (Å²) in [6.45, 7) is 7.30. The predicted molar refractivity (Wildman–Crippen MR) is 90.3 cm³/mol. The first-order valence-electron chi connectivity index (χ1n) is 8.07. The summed E-state index contributed by atoms with van der Waals surface area (Å²) in [5, 5.41) is 0. The van der Waals surface area contributed by atoms with Crippen LogP contribution in [0.5, 0.6) is 5.75 Å². The predicted octanol–water partition coefficient (Wildman–Crippen LogP) is 2.36. The zero-order valence-electron chi connectivity index (χ0n) is 13.8. The van der Waals surface area contributed by atoms with Crippen LogP contribution in [0.1, 0.15) is 26.7 Å². The molecular weight excluding hydrogens is 278 g/mol. The van der Waals surface area contributed by atoms with Crippen LogP contribution in [0.15, 0.2) is 18.2 Å². The fourth-order valence-corrected chi connectivity index (χ4v) is 3.02. The first-order valence-corrected chi connectivity index (χ1v) is 8.07. The number of nitrogens with two attached hydrogens (primary N) is 1. The lowest BCUT2D eigenvalue weighted by Crippen LogP contribution is -2.50. The summed E-state index contributed by atoms with van der Waals surface area (Å²) in [5.41, 5.74) is 7.63. The molecule has 22 heavy (non-hydrogen) atoms. The van der Waals surface area contributed by atoms with Gasteiger partial charge in [0, 0.05) is 37.8 Å². The summed E-state index contributed by atoms with van der Waals surface area (Å²) in [6, 6.07) is 5.68. The first kappa shape index (κ1) is 16.5. The third-order valence-electron chi connectivity index (χ3n) is 4.47. The van der Waals surface area contributed by atoms with Crippen LogP contribution in [0.25, 0.3) is 0 Å². The largest absolute Gasteiger partial charge is 0.495 e. The second kappa shape index (κ2) is 7.38. The van der Waals surface area contributed by atoms with Crippen molar-refractivity contribution in [3.63, 3.8) is 0 Å². The van der Waals surface area contributed by atoms with Gasteiger partial charge in [0.2, 0.25) is 5.91 Å². The molecule has 0 aromatic heterocycles. The van der Waals surface area contributed by atoms with E-state index in [2.05, 4.69) is 18.7 Å². The lowest BCUT2D eigenvalue weighted by molar-refractivity contribution is -0.136. The number of anilines is 2. The fraction of sp³-hybridized carbons (Fsp3) is 0.588. The molecule has 0 spiro atoms. The van der Waals surface area contributed by atoms with Crippen molar-refractivity contribution in [3.05, 3.63) is 18.2 Å². The number of hydrogen-bond acceptors (Lipinski definition) is 4. The van der Waals surface area contributed by atoms with E-state index in [1.165, 1.54) is 0 Å². The molecule has 1 fully saturated rings. The van der Waals surface area contributed by atoms with Crippen LogP contribution < -0.4 is 15.4 Å². The number of rotatable bonds is 5. The second-order valence-electron chi connectivity index (χ2n) is 5.76. The number of carbonyl (C=O) groups is 1. The minimum atomic E-state index is 0.161. The molecular formula is C17H27N3O2. The number of hydrogen-bond donors (Lipinski definition) is 1. The normalized spacial score (nSPS) is 15.3. The van der Waals surface area contributed by atoms with Gasteiger partial charge in [0.1, 0.15) is 5.75 Å². The highest BCUT2D eigenvalue weighted by Gasteiger charge is 2.26. The van der Waals surface area contributed by atoms with E-state index in [1.807, 2.05) is 23.1 Å². The first-order chi connectivity index (χ1) is 10.6. The van der Waals surface area contributed by atoms with Gasteiger partial charge in [-0.1, -0.05) is 13.8 Å². The molecule has 2 rings (SSSR count). The molecule has 5 heteroatoms. The fourth-order valence-electron chi connectivity index (χ4n) is 3.02. The van der Waals surface area contributed by atoms with Crippen molar-refractivity contribution in [1.82, 2.24) is 4.90 Å². The molecule has 1 saturated heterocycles. The van der Waals surface area contributed by atoms with Gasteiger partial charge in [-0.25, -0.2) is 0 Å². The second-order valence-corrected chi connectivity index (χ2v) is 5.76. The summed E-state index contributed by atoms with van der Waals surface area (Å²) in [6.07, 6.45) is 1.83. The number of ether oxygens (including phenoxy) is 1. The van der Waals surface area contributed by atoms with E-state index in [0.717, 1.165) is 56.1 Å². The molecule has 5 nitrogen and oxygen atoms in total. The quantitative estimate of drug-likeness (QED) is 0.849. The van der Waals surface area contributed by atoms with Crippen LogP contribution in [0, 0.1) is 5.92 Å². The van der Waals surface area contributed by atoms with Gasteiger partial charge in [0.05, 0.1) is 12.8 Å². The Balaban J connectivity index is 2.03. The van der Waals surface area contributed by atoms with E-state index in [0.29, 0.717) is 5.91 Å². The highest BCUT2D eigenvalue weighted by molar-refractivity contribution is 5.79. The van der Waals surface area contributed by atoms with Gasteiger partial charge < -0.3 is 20.3 Å². The zero-order chi connectivity index (χ0) is 16.1. The molecule has 1 aliphatic rings. The lowest BCUT2D eigenvalue weighted by atomic mass is 10.0. The zero-order valence-corrected chi connectivity index (χ0v) is 13.8. The summed E-state index contributed by atoms with van der Waals surface area (Å²) >= 11 is 0. The van der Waals surface area contributed by atoms with Crippen molar-refractivity contribution in [2.24, 2.45) is 5.92 Å². The topological polar surface area (TPSA) is 58.8 Å². The molecule has 1 aliphatic heterocycles. The van der Waals surface area contributed by atoms with Gasteiger partial charge in [-0.05, 0) is 31.0 Å². The molecule has 1 aromatic rings. The van der Waals surface area contributed by atoms with Crippen LogP contribution >= 0.6 is 0 Å². The van der Waals surface area contributed by atoms with Gasteiger partial charge in [0.15, 0.2) is 0 Å².